The van der Waals surface area contributed by atoms with Gasteiger partial charge < -0.3 is 10.2 Å². The zero-order valence-electron chi connectivity index (χ0n) is 25.4. The molecular formula is C32H42N4O4S2+4. The van der Waals surface area contributed by atoms with E-state index < -0.39 is 0 Å². The van der Waals surface area contributed by atoms with Crippen LogP contribution in [0.1, 0.15) is 73.4 Å². The van der Waals surface area contributed by atoms with E-state index in [0.29, 0.717) is 32.0 Å². The summed E-state index contributed by atoms with van der Waals surface area (Å²) in [6.45, 7) is 17.1. The van der Waals surface area contributed by atoms with Gasteiger partial charge in [0.25, 0.3) is 0 Å². The predicted octanol–water partition coefficient (Wildman–Crippen LogP) is 4.32. The molecular weight excluding hydrogens is 569 g/mol. The van der Waals surface area contributed by atoms with Gasteiger partial charge in [-0.1, -0.05) is 0 Å². The average molecular weight is 611 g/mol. The second-order valence-electron chi connectivity index (χ2n) is 13.1. The molecule has 0 atom stereocenters. The van der Waals surface area contributed by atoms with E-state index in [-0.39, 0.29) is 35.9 Å². The van der Waals surface area contributed by atoms with E-state index in [0.717, 1.165) is 48.7 Å². The van der Waals surface area contributed by atoms with Gasteiger partial charge in [0, 0.05) is 37.1 Å². The van der Waals surface area contributed by atoms with Gasteiger partial charge >= 0.3 is 11.8 Å². The Labute approximate surface area is 256 Å². The van der Waals surface area contributed by atoms with Crippen molar-refractivity contribution in [1.29, 1.82) is 0 Å². The molecule has 0 saturated carbocycles. The lowest BCUT2D eigenvalue weighted by atomic mass is 9.81. The molecule has 2 N–H and O–H groups in total. The Balaban J connectivity index is 1.19. The van der Waals surface area contributed by atoms with E-state index in [1.54, 1.807) is 0 Å². The Kier molecular flexibility index (Phi) is 7.15. The van der Waals surface area contributed by atoms with Crippen LogP contribution in [0.25, 0.3) is 0 Å². The Morgan fingerprint density at radius 1 is 0.714 bits per heavy atom. The van der Waals surface area contributed by atoms with Crippen LogP contribution in [0.3, 0.4) is 0 Å². The third kappa shape index (κ3) is 4.45. The Hall–Kier alpha value is -2.34. The van der Waals surface area contributed by atoms with Crippen molar-refractivity contribution in [2.45, 2.75) is 52.4 Å². The lowest BCUT2D eigenvalue weighted by molar-refractivity contribution is -0.558. The fourth-order valence-corrected chi connectivity index (χ4v) is 9.54. The lowest BCUT2D eigenvalue weighted by Gasteiger charge is -2.18. The SMILES string of the molecule is CC1=[N+](CCO)c2ccc(C(=O)[N+]3(SS[N+]4(C(=O)c5ccc6c(c5)C(C)(C)C(C)=[N+]6CCO)CC4)CC3)cc2C1(C)C. The first kappa shape index (κ1) is 29.7. The van der Waals surface area contributed by atoms with Crippen molar-refractivity contribution < 1.29 is 36.7 Å². The zero-order chi connectivity index (χ0) is 30.2. The van der Waals surface area contributed by atoms with Gasteiger partial charge in [0.1, 0.15) is 39.4 Å². The normalized spacial score (nSPS) is 21.8. The molecule has 222 valence electrons. The molecule has 2 saturated heterocycles. The van der Waals surface area contributed by atoms with Gasteiger partial charge in [-0.05, 0) is 52.0 Å². The number of β-amino-alcohol motifs (C(OH)–C–C–N with tert-alkyl or cyclic N) is 2. The van der Waals surface area contributed by atoms with Crippen LogP contribution in [0.15, 0.2) is 36.4 Å². The third-order valence-corrected chi connectivity index (χ3v) is 13.6. The molecule has 0 spiro atoms. The van der Waals surface area contributed by atoms with Crippen molar-refractivity contribution >= 4 is 56.6 Å². The Bertz CT molecular complexity index is 1470. The van der Waals surface area contributed by atoms with Crippen molar-refractivity contribution in [3.8, 4) is 0 Å². The number of aliphatic hydroxyl groups is 2. The van der Waals surface area contributed by atoms with Crippen molar-refractivity contribution in [2.75, 3.05) is 52.5 Å². The van der Waals surface area contributed by atoms with Crippen molar-refractivity contribution in [3.05, 3.63) is 58.7 Å². The van der Waals surface area contributed by atoms with E-state index in [1.165, 1.54) is 33.4 Å². The van der Waals surface area contributed by atoms with Crippen LogP contribution in [0, 0.1) is 0 Å². The summed E-state index contributed by atoms with van der Waals surface area (Å²) >= 11 is 0. The number of aliphatic hydroxyl groups excluding tert-OH is 2. The van der Waals surface area contributed by atoms with Crippen LogP contribution in [0.4, 0.5) is 11.4 Å². The smallest absolute Gasteiger partial charge is 0.358 e. The summed E-state index contributed by atoms with van der Waals surface area (Å²) in [6.07, 6.45) is 0. The quantitative estimate of drug-likeness (QED) is 0.145. The summed E-state index contributed by atoms with van der Waals surface area (Å²) in [5.41, 5.74) is 7.67. The van der Waals surface area contributed by atoms with Gasteiger partial charge in [0.05, 0.1) is 22.0 Å². The molecule has 2 aromatic carbocycles. The third-order valence-electron chi connectivity index (χ3n) is 10.00. The maximum Gasteiger partial charge on any atom is 0.358 e. The van der Waals surface area contributed by atoms with Gasteiger partial charge in [-0.15, -0.1) is 0 Å². The van der Waals surface area contributed by atoms with Gasteiger partial charge in [-0.25, -0.2) is 9.59 Å². The first-order chi connectivity index (χ1) is 19.8. The summed E-state index contributed by atoms with van der Waals surface area (Å²) in [7, 11) is 3.05. The molecule has 4 aliphatic rings. The van der Waals surface area contributed by atoms with Crippen molar-refractivity contribution in [3.63, 3.8) is 0 Å². The lowest BCUT2D eigenvalue weighted by Crippen LogP contribution is -2.31. The summed E-state index contributed by atoms with van der Waals surface area (Å²) < 4.78 is 4.89. The first-order valence-corrected chi connectivity index (χ1v) is 16.9. The van der Waals surface area contributed by atoms with Crippen molar-refractivity contribution in [1.82, 2.24) is 0 Å². The second kappa shape index (κ2) is 10.1. The van der Waals surface area contributed by atoms with Gasteiger partial charge in [0.2, 0.25) is 33.3 Å². The average Bonchev–Trinajstić information content (AvgIpc) is 3.90. The molecule has 0 aliphatic carbocycles. The standard InChI is InChI=1S/C32H42N4O4S2/c1-21-31(3,4)25-19-23(7-9-27(25)33(21)11-17-37)29(39)35(13-14-35)41-42-36(15-16-36)30(40)24-8-10-28-26(20-24)32(5,6)22(2)34(28)12-18-38/h7-10,19-20,37-38H,11-18H2,1-6H3/q+4. The molecule has 0 unspecified atom stereocenters. The fourth-order valence-electron chi connectivity index (χ4n) is 6.42. The number of hydrogen-bond acceptors (Lipinski definition) is 6. The number of fused-ring (bicyclic) bond motifs is 2. The zero-order valence-corrected chi connectivity index (χ0v) is 27.1. The highest BCUT2D eigenvalue weighted by Crippen LogP contribution is 2.53. The van der Waals surface area contributed by atoms with E-state index >= 15 is 0 Å². The molecule has 0 aromatic heterocycles. The van der Waals surface area contributed by atoms with Crippen LogP contribution < -0.4 is 0 Å². The molecule has 2 amide bonds. The van der Waals surface area contributed by atoms with Gasteiger partial charge in [-0.2, -0.15) is 16.9 Å². The number of amides is 2. The van der Waals surface area contributed by atoms with Crippen LogP contribution >= 0.6 is 22.0 Å². The summed E-state index contributed by atoms with van der Waals surface area (Å²) in [5.74, 6) is 0.178. The van der Waals surface area contributed by atoms with E-state index in [1.807, 2.05) is 36.4 Å². The highest BCUT2D eigenvalue weighted by Gasteiger charge is 2.61. The van der Waals surface area contributed by atoms with E-state index in [4.69, 9.17) is 0 Å². The molecule has 8 nitrogen and oxygen atoms in total. The Morgan fingerprint density at radius 2 is 1.07 bits per heavy atom. The summed E-state index contributed by atoms with van der Waals surface area (Å²) in [6, 6.07) is 12.0. The van der Waals surface area contributed by atoms with Crippen LogP contribution in [0.5, 0.6) is 0 Å². The largest absolute Gasteiger partial charge is 0.390 e. The van der Waals surface area contributed by atoms with Crippen LogP contribution in [0.2, 0.25) is 0 Å². The molecule has 42 heavy (non-hydrogen) atoms. The van der Waals surface area contributed by atoms with Crippen LogP contribution in [-0.4, -0.2) is 103 Å². The minimum absolute atomic E-state index is 0.0730. The molecule has 2 aromatic rings. The maximum atomic E-state index is 13.9. The molecule has 2 fully saturated rings. The minimum Gasteiger partial charge on any atom is -0.390 e. The van der Waals surface area contributed by atoms with Crippen molar-refractivity contribution in [2.24, 2.45) is 0 Å². The minimum atomic E-state index is -0.219. The highest BCUT2D eigenvalue weighted by atomic mass is 33.1. The number of carbonyl (C=O) groups excluding carboxylic acids is 2. The fraction of sp³-hybridized carbons (Fsp3) is 0.500. The van der Waals surface area contributed by atoms with E-state index in [9.17, 15) is 19.8 Å². The number of benzene rings is 2. The monoisotopic (exact) mass is 610 g/mol. The van der Waals surface area contributed by atoms with Gasteiger partial charge in [0.15, 0.2) is 24.5 Å². The van der Waals surface area contributed by atoms with Crippen LogP contribution in [-0.2, 0) is 10.8 Å². The summed E-state index contributed by atoms with van der Waals surface area (Å²) in [5, 5.41) is 19.2. The number of rotatable bonds is 9. The van der Waals surface area contributed by atoms with Gasteiger partial charge in [-0.3, -0.25) is 0 Å². The maximum absolute atomic E-state index is 13.9. The first-order valence-electron chi connectivity index (χ1n) is 14.8. The van der Waals surface area contributed by atoms with E-state index in [2.05, 4.69) is 50.7 Å². The molecule has 4 heterocycles. The highest BCUT2D eigenvalue weighted by molar-refractivity contribution is 8.72. The second-order valence-corrected chi connectivity index (χ2v) is 15.7. The Morgan fingerprint density at radius 3 is 1.38 bits per heavy atom. The number of carbonyl (C=O) groups is 2. The predicted molar refractivity (Wildman–Crippen MR) is 168 cm³/mol. The molecule has 4 aliphatic heterocycles. The summed E-state index contributed by atoms with van der Waals surface area (Å²) in [4.78, 5) is 27.8. The topological polar surface area (TPSA) is 80.6 Å². The number of hydrogen-bond donors (Lipinski definition) is 2. The number of nitrogens with zero attached hydrogens (tertiary/aromatic N) is 4. The molecule has 6 rings (SSSR count). The molecule has 10 heteroatoms. The molecule has 0 radical (unpaired) electrons. The number of quaternary nitrogens is 2. The molecule has 0 bridgehead atoms.